The van der Waals surface area contributed by atoms with Gasteiger partial charge in [0.1, 0.15) is 5.82 Å². The van der Waals surface area contributed by atoms with E-state index in [9.17, 15) is 14.4 Å². The maximum absolute atomic E-state index is 12.5. The SMILES string of the molecule is CC(C)c1cccc(NC(=O)Nc2ccc3[nH]cc(C4CCN(C(C)C)CC4)c3n2)c1.O=C(O)c1ccccc1C(=O)O. The molecule has 0 aliphatic carbocycles. The van der Waals surface area contributed by atoms with Gasteiger partial charge in [-0.25, -0.2) is 19.4 Å². The van der Waals surface area contributed by atoms with Crippen LogP contribution in [0, 0.1) is 0 Å². The summed E-state index contributed by atoms with van der Waals surface area (Å²) >= 11 is 0. The molecule has 1 aliphatic rings. The van der Waals surface area contributed by atoms with E-state index >= 15 is 0 Å². The number of carboxylic acid groups (broad SMARTS) is 2. The summed E-state index contributed by atoms with van der Waals surface area (Å²) in [6, 6.07) is 17.6. The highest BCUT2D eigenvalue weighted by Gasteiger charge is 2.24. The molecule has 0 bridgehead atoms. The normalized spacial score (nSPS) is 13.9. The Morgan fingerprint density at radius 3 is 2.12 bits per heavy atom. The number of anilines is 2. The van der Waals surface area contributed by atoms with Crippen molar-refractivity contribution in [2.24, 2.45) is 0 Å². The first kappa shape index (κ1) is 31.2. The molecule has 3 heterocycles. The van der Waals surface area contributed by atoms with Gasteiger partial charge < -0.3 is 25.4 Å². The molecule has 0 spiro atoms. The van der Waals surface area contributed by atoms with E-state index in [1.807, 2.05) is 30.3 Å². The molecule has 226 valence electrons. The van der Waals surface area contributed by atoms with E-state index in [4.69, 9.17) is 15.2 Å². The molecule has 5 rings (SSSR count). The van der Waals surface area contributed by atoms with Crippen molar-refractivity contribution in [3.63, 3.8) is 0 Å². The molecule has 0 unspecified atom stereocenters. The van der Waals surface area contributed by atoms with E-state index in [1.165, 1.54) is 35.4 Å². The second-order valence-corrected chi connectivity index (χ2v) is 11.3. The van der Waals surface area contributed by atoms with E-state index in [-0.39, 0.29) is 17.2 Å². The first-order valence-electron chi connectivity index (χ1n) is 14.5. The van der Waals surface area contributed by atoms with Gasteiger partial charge in [-0.05, 0) is 99.1 Å². The van der Waals surface area contributed by atoms with Crippen LogP contribution in [0.1, 0.15) is 84.2 Å². The number of aromatic carboxylic acids is 2. The molecular weight excluding hydrogens is 546 g/mol. The minimum Gasteiger partial charge on any atom is -0.478 e. The lowest BCUT2D eigenvalue weighted by atomic mass is 9.90. The number of hydrogen-bond acceptors (Lipinski definition) is 5. The van der Waals surface area contributed by atoms with Crippen molar-refractivity contribution in [3.8, 4) is 0 Å². The van der Waals surface area contributed by atoms with E-state index in [2.05, 4.69) is 60.5 Å². The molecule has 1 aliphatic heterocycles. The highest BCUT2D eigenvalue weighted by atomic mass is 16.4. The van der Waals surface area contributed by atoms with Crippen molar-refractivity contribution >= 4 is 40.5 Å². The number of piperidine rings is 1. The predicted octanol–water partition coefficient (Wildman–Crippen LogP) is 7.00. The van der Waals surface area contributed by atoms with Gasteiger partial charge in [-0.1, -0.05) is 38.1 Å². The third kappa shape index (κ3) is 7.98. The lowest BCUT2D eigenvalue weighted by molar-refractivity contribution is 0.0651. The van der Waals surface area contributed by atoms with Crippen LogP contribution >= 0.6 is 0 Å². The zero-order valence-corrected chi connectivity index (χ0v) is 24.9. The van der Waals surface area contributed by atoms with Gasteiger partial charge in [-0.15, -0.1) is 0 Å². The van der Waals surface area contributed by atoms with Gasteiger partial charge in [0, 0.05) is 17.9 Å². The summed E-state index contributed by atoms with van der Waals surface area (Å²) in [4.78, 5) is 44.1. The number of aromatic amines is 1. The largest absolute Gasteiger partial charge is 0.478 e. The number of likely N-dealkylation sites (tertiary alicyclic amines) is 1. The van der Waals surface area contributed by atoms with Crippen molar-refractivity contribution in [2.45, 2.75) is 58.4 Å². The Kier molecular flexibility index (Phi) is 10.2. The van der Waals surface area contributed by atoms with Gasteiger partial charge in [0.2, 0.25) is 0 Å². The number of nitrogens with zero attached hydrogens (tertiary/aromatic N) is 2. The summed E-state index contributed by atoms with van der Waals surface area (Å²) in [5.74, 6) is -0.987. The molecule has 10 nitrogen and oxygen atoms in total. The van der Waals surface area contributed by atoms with Crippen molar-refractivity contribution in [2.75, 3.05) is 23.7 Å². The number of H-pyrrole nitrogens is 1. The van der Waals surface area contributed by atoms with Gasteiger partial charge in [0.25, 0.3) is 0 Å². The Morgan fingerprint density at radius 2 is 1.53 bits per heavy atom. The molecule has 2 aromatic carbocycles. The fourth-order valence-corrected chi connectivity index (χ4v) is 5.24. The fraction of sp³-hybridized carbons (Fsp3) is 0.333. The summed E-state index contributed by atoms with van der Waals surface area (Å²) in [7, 11) is 0. The second kappa shape index (κ2) is 14.0. The molecule has 1 fully saturated rings. The minimum absolute atomic E-state index is 0.190. The number of carboxylic acids is 2. The van der Waals surface area contributed by atoms with Crippen LogP contribution in [0.15, 0.2) is 66.9 Å². The predicted molar refractivity (Wildman–Crippen MR) is 168 cm³/mol. The summed E-state index contributed by atoms with van der Waals surface area (Å²) in [5, 5.41) is 22.9. The number of amides is 2. The standard InChI is InChI=1S/C25H33N5O.C8H6O4/c1-16(2)19-6-5-7-20(14-19)27-25(31)29-23-9-8-22-24(28-23)21(15-26-22)18-10-12-30(13-11-18)17(3)4;9-7(10)5-3-1-2-4-6(5)8(11)12/h5-9,14-18,26H,10-13H2,1-4H3,(H2,27,28,29,31);1-4H,(H,9,10)(H,11,12). The smallest absolute Gasteiger partial charge is 0.336 e. The first-order chi connectivity index (χ1) is 20.5. The Morgan fingerprint density at radius 1 is 0.884 bits per heavy atom. The number of pyridine rings is 1. The maximum Gasteiger partial charge on any atom is 0.336 e. The summed E-state index contributed by atoms with van der Waals surface area (Å²) in [6.07, 6.45) is 4.36. The molecule has 0 saturated carbocycles. The quantitative estimate of drug-likeness (QED) is 0.157. The molecule has 2 amide bonds. The number of fused-ring (bicyclic) bond motifs is 1. The minimum atomic E-state index is -1.23. The first-order valence-corrected chi connectivity index (χ1v) is 14.5. The highest BCUT2D eigenvalue weighted by molar-refractivity contribution is 6.01. The molecule has 10 heteroatoms. The topological polar surface area (TPSA) is 148 Å². The van der Waals surface area contributed by atoms with Crippen molar-refractivity contribution < 1.29 is 24.6 Å². The molecule has 0 atom stereocenters. The average Bonchev–Trinajstić information content (AvgIpc) is 3.41. The molecule has 4 aromatic rings. The van der Waals surface area contributed by atoms with Gasteiger partial charge in [-0.3, -0.25) is 5.32 Å². The third-order valence-corrected chi connectivity index (χ3v) is 7.69. The number of carbonyl (C=O) groups excluding carboxylic acids is 1. The molecular formula is C33H39N5O5. The Bertz CT molecular complexity index is 1550. The van der Waals surface area contributed by atoms with Crippen molar-refractivity contribution in [3.05, 3.63) is 89.1 Å². The van der Waals surface area contributed by atoms with Crippen LogP contribution in [0.5, 0.6) is 0 Å². The second-order valence-electron chi connectivity index (χ2n) is 11.3. The van der Waals surface area contributed by atoms with Crippen LogP contribution in [0.4, 0.5) is 16.3 Å². The van der Waals surface area contributed by atoms with Gasteiger partial charge in [-0.2, -0.15) is 0 Å². The number of benzene rings is 2. The maximum atomic E-state index is 12.5. The number of urea groups is 1. The van der Waals surface area contributed by atoms with Gasteiger partial charge in [0.05, 0.1) is 22.2 Å². The molecule has 0 radical (unpaired) electrons. The van der Waals surface area contributed by atoms with Crippen molar-refractivity contribution in [1.82, 2.24) is 14.9 Å². The van der Waals surface area contributed by atoms with E-state index in [1.54, 1.807) is 0 Å². The number of rotatable bonds is 7. The zero-order valence-electron chi connectivity index (χ0n) is 24.9. The van der Waals surface area contributed by atoms with Crippen LogP contribution in [0.2, 0.25) is 0 Å². The lowest BCUT2D eigenvalue weighted by Crippen LogP contribution is -2.37. The van der Waals surface area contributed by atoms with Crippen LogP contribution in [-0.4, -0.2) is 62.2 Å². The van der Waals surface area contributed by atoms with Crippen LogP contribution in [0.25, 0.3) is 11.0 Å². The molecule has 43 heavy (non-hydrogen) atoms. The average molecular weight is 586 g/mol. The lowest BCUT2D eigenvalue weighted by Gasteiger charge is -2.34. The summed E-state index contributed by atoms with van der Waals surface area (Å²) in [5.41, 5.74) is 4.82. The van der Waals surface area contributed by atoms with E-state index < -0.39 is 11.9 Å². The number of nitrogens with one attached hydrogen (secondary N) is 3. The third-order valence-electron chi connectivity index (χ3n) is 7.69. The number of hydrogen-bond donors (Lipinski definition) is 5. The van der Waals surface area contributed by atoms with E-state index in [0.29, 0.717) is 23.7 Å². The zero-order chi connectivity index (χ0) is 31.1. The molecule has 5 N–H and O–H groups in total. The van der Waals surface area contributed by atoms with Gasteiger partial charge >= 0.3 is 18.0 Å². The summed E-state index contributed by atoms with van der Waals surface area (Å²) < 4.78 is 0. The van der Waals surface area contributed by atoms with Crippen molar-refractivity contribution in [1.29, 1.82) is 0 Å². The number of aromatic nitrogens is 2. The van der Waals surface area contributed by atoms with E-state index in [0.717, 1.165) is 42.7 Å². The Balaban J connectivity index is 0.000000296. The molecule has 1 saturated heterocycles. The number of carbonyl (C=O) groups is 3. The summed E-state index contributed by atoms with van der Waals surface area (Å²) in [6.45, 7) is 11.0. The van der Waals surface area contributed by atoms with Gasteiger partial charge in [0.15, 0.2) is 0 Å². The Labute approximate surface area is 251 Å². The van der Waals surface area contributed by atoms with Crippen LogP contribution in [-0.2, 0) is 0 Å². The highest BCUT2D eigenvalue weighted by Crippen LogP contribution is 2.33. The van der Waals surface area contributed by atoms with Crippen LogP contribution < -0.4 is 10.6 Å². The van der Waals surface area contributed by atoms with Crippen LogP contribution in [0.3, 0.4) is 0 Å². The fourth-order valence-electron chi connectivity index (χ4n) is 5.24. The Hall–Kier alpha value is -4.70. The monoisotopic (exact) mass is 585 g/mol. The molecule has 2 aromatic heterocycles.